The van der Waals surface area contributed by atoms with Crippen molar-refractivity contribution in [1.29, 1.82) is 0 Å². The third-order valence-electron chi connectivity index (χ3n) is 5.19. The van der Waals surface area contributed by atoms with Crippen LogP contribution >= 0.6 is 0 Å². The number of hydrogen-bond donors (Lipinski definition) is 1. The first-order valence-electron chi connectivity index (χ1n) is 7.48. The standard InChI is InChI=1S/C15H30N2/c1-5-17-8-6-13(7-9-17)12(2)16-11-14-10-15(14,3)4/h12-14,16H,5-11H2,1-4H3. The van der Waals surface area contributed by atoms with Crippen LogP contribution in [0.3, 0.4) is 0 Å². The van der Waals surface area contributed by atoms with Gasteiger partial charge in [0.25, 0.3) is 0 Å². The average Bonchev–Trinajstić information content (AvgIpc) is 2.94. The van der Waals surface area contributed by atoms with Crippen molar-refractivity contribution >= 4 is 0 Å². The molecule has 2 aliphatic rings. The molecule has 0 aromatic rings. The Hall–Kier alpha value is -0.0800. The maximum absolute atomic E-state index is 3.78. The minimum absolute atomic E-state index is 0.623. The highest BCUT2D eigenvalue weighted by Gasteiger charge is 2.45. The van der Waals surface area contributed by atoms with Gasteiger partial charge in [-0.05, 0) is 69.6 Å². The fourth-order valence-corrected chi connectivity index (χ4v) is 3.19. The Bertz CT molecular complexity index is 241. The number of likely N-dealkylation sites (tertiary alicyclic amines) is 1. The Labute approximate surface area is 107 Å². The lowest BCUT2D eigenvalue weighted by Crippen LogP contribution is -2.42. The Kier molecular flexibility index (Phi) is 4.14. The van der Waals surface area contributed by atoms with Gasteiger partial charge in [-0.25, -0.2) is 0 Å². The van der Waals surface area contributed by atoms with Crippen LogP contribution in [-0.2, 0) is 0 Å². The van der Waals surface area contributed by atoms with E-state index in [1.807, 2.05) is 0 Å². The molecule has 17 heavy (non-hydrogen) atoms. The van der Waals surface area contributed by atoms with Crippen LogP contribution < -0.4 is 5.32 Å². The topological polar surface area (TPSA) is 15.3 Å². The summed E-state index contributed by atoms with van der Waals surface area (Å²) in [4.78, 5) is 2.58. The molecule has 1 aliphatic heterocycles. The second-order valence-corrected chi connectivity index (χ2v) is 6.86. The normalized spacial score (nSPS) is 31.4. The molecule has 0 radical (unpaired) electrons. The highest BCUT2D eigenvalue weighted by Crippen LogP contribution is 2.51. The smallest absolute Gasteiger partial charge is 0.00680 e. The van der Waals surface area contributed by atoms with E-state index >= 15 is 0 Å². The molecule has 1 saturated heterocycles. The predicted molar refractivity (Wildman–Crippen MR) is 74.2 cm³/mol. The lowest BCUT2D eigenvalue weighted by Gasteiger charge is -2.34. The molecule has 1 saturated carbocycles. The molecule has 1 aliphatic carbocycles. The van der Waals surface area contributed by atoms with E-state index in [1.165, 1.54) is 45.4 Å². The van der Waals surface area contributed by atoms with Gasteiger partial charge in [0.1, 0.15) is 0 Å². The first-order valence-corrected chi connectivity index (χ1v) is 7.48. The van der Waals surface area contributed by atoms with Crippen LogP contribution in [0, 0.1) is 17.3 Å². The molecular weight excluding hydrogens is 208 g/mol. The van der Waals surface area contributed by atoms with Crippen molar-refractivity contribution in [3.63, 3.8) is 0 Å². The fourth-order valence-electron chi connectivity index (χ4n) is 3.19. The number of nitrogens with zero attached hydrogens (tertiary/aromatic N) is 1. The molecule has 0 amide bonds. The van der Waals surface area contributed by atoms with Crippen LogP contribution in [0.5, 0.6) is 0 Å². The van der Waals surface area contributed by atoms with E-state index in [-0.39, 0.29) is 0 Å². The largest absolute Gasteiger partial charge is 0.314 e. The monoisotopic (exact) mass is 238 g/mol. The highest BCUT2D eigenvalue weighted by molar-refractivity contribution is 4.96. The van der Waals surface area contributed by atoms with Gasteiger partial charge in [-0.3, -0.25) is 0 Å². The minimum Gasteiger partial charge on any atom is -0.314 e. The third kappa shape index (κ3) is 3.45. The first-order chi connectivity index (χ1) is 8.03. The molecule has 100 valence electrons. The van der Waals surface area contributed by atoms with Crippen LogP contribution in [-0.4, -0.2) is 37.1 Å². The summed E-state index contributed by atoms with van der Waals surface area (Å²) in [6, 6.07) is 0.713. The van der Waals surface area contributed by atoms with Gasteiger partial charge in [-0.15, -0.1) is 0 Å². The van der Waals surface area contributed by atoms with Crippen molar-refractivity contribution in [3.8, 4) is 0 Å². The molecule has 2 atom stereocenters. The quantitative estimate of drug-likeness (QED) is 0.792. The summed E-state index contributed by atoms with van der Waals surface area (Å²) in [7, 11) is 0. The highest BCUT2D eigenvalue weighted by atomic mass is 15.1. The van der Waals surface area contributed by atoms with Gasteiger partial charge in [0.05, 0.1) is 0 Å². The van der Waals surface area contributed by atoms with E-state index in [9.17, 15) is 0 Å². The van der Waals surface area contributed by atoms with E-state index < -0.39 is 0 Å². The van der Waals surface area contributed by atoms with E-state index in [0.717, 1.165) is 11.8 Å². The summed E-state index contributed by atoms with van der Waals surface area (Å²) >= 11 is 0. The predicted octanol–water partition coefficient (Wildman–Crippen LogP) is 2.74. The Morgan fingerprint density at radius 2 is 1.88 bits per heavy atom. The fraction of sp³-hybridized carbons (Fsp3) is 1.00. The molecule has 2 heteroatoms. The van der Waals surface area contributed by atoms with E-state index in [1.54, 1.807) is 0 Å². The summed E-state index contributed by atoms with van der Waals surface area (Å²) in [6.07, 6.45) is 4.19. The summed E-state index contributed by atoms with van der Waals surface area (Å²) < 4.78 is 0. The zero-order valence-corrected chi connectivity index (χ0v) is 12.1. The van der Waals surface area contributed by atoms with Crippen molar-refractivity contribution < 1.29 is 0 Å². The second-order valence-electron chi connectivity index (χ2n) is 6.86. The van der Waals surface area contributed by atoms with E-state index in [0.29, 0.717) is 11.5 Å². The van der Waals surface area contributed by atoms with Crippen molar-refractivity contribution in [1.82, 2.24) is 10.2 Å². The number of nitrogens with one attached hydrogen (secondary N) is 1. The van der Waals surface area contributed by atoms with Gasteiger partial charge in [0.15, 0.2) is 0 Å². The van der Waals surface area contributed by atoms with Crippen LogP contribution in [0.25, 0.3) is 0 Å². The van der Waals surface area contributed by atoms with Crippen LogP contribution in [0.1, 0.15) is 47.0 Å². The molecule has 2 fully saturated rings. The second kappa shape index (κ2) is 5.27. The molecule has 0 bridgehead atoms. The third-order valence-corrected chi connectivity index (χ3v) is 5.19. The lowest BCUT2D eigenvalue weighted by atomic mass is 9.90. The van der Waals surface area contributed by atoms with Crippen LogP contribution in [0.15, 0.2) is 0 Å². The van der Waals surface area contributed by atoms with E-state index in [4.69, 9.17) is 0 Å². The maximum Gasteiger partial charge on any atom is 0.00680 e. The molecule has 0 aromatic carbocycles. The average molecular weight is 238 g/mol. The Morgan fingerprint density at radius 1 is 1.29 bits per heavy atom. The number of rotatable bonds is 5. The Morgan fingerprint density at radius 3 is 2.35 bits per heavy atom. The summed E-state index contributed by atoms with van der Waals surface area (Å²) in [5, 5.41) is 3.78. The first kappa shape index (κ1) is 13.4. The van der Waals surface area contributed by atoms with Gasteiger partial charge in [-0.1, -0.05) is 20.8 Å². The lowest BCUT2D eigenvalue weighted by molar-refractivity contribution is 0.168. The van der Waals surface area contributed by atoms with Crippen molar-refractivity contribution in [3.05, 3.63) is 0 Å². The number of hydrogen-bond acceptors (Lipinski definition) is 2. The van der Waals surface area contributed by atoms with Crippen LogP contribution in [0.2, 0.25) is 0 Å². The zero-order chi connectivity index (χ0) is 12.5. The SMILES string of the molecule is CCN1CCC(C(C)NCC2CC2(C)C)CC1. The summed E-state index contributed by atoms with van der Waals surface area (Å²) in [5.74, 6) is 1.83. The molecule has 1 N–H and O–H groups in total. The molecule has 0 spiro atoms. The summed E-state index contributed by atoms with van der Waals surface area (Å²) in [6.45, 7) is 14.5. The van der Waals surface area contributed by atoms with Gasteiger partial charge in [0.2, 0.25) is 0 Å². The van der Waals surface area contributed by atoms with Crippen molar-refractivity contribution in [2.75, 3.05) is 26.2 Å². The molecular formula is C15H30N2. The molecule has 2 unspecified atom stereocenters. The molecule has 0 aromatic heterocycles. The number of piperidine rings is 1. The van der Waals surface area contributed by atoms with Crippen molar-refractivity contribution in [2.45, 2.75) is 53.0 Å². The molecule has 1 heterocycles. The maximum atomic E-state index is 3.78. The van der Waals surface area contributed by atoms with Gasteiger partial charge in [-0.2, -0.15) is 0 Å². The van der Waals surface area contributed by atoms with Gasteiger partial charge in [0, 0.05) is 6.04 Å². The molecule has 2 rings (SSSR count). The van der Waals surface area contributed by atoms with Gasteiger partial charge >= 0.3 is 0 Å². The van der Waals surface area contributed by atoms with Crippen molar-refractivity contribution in [2.24, 2.45) is 17.3 Å². The summed E-state index contributed by atoms with van der Waals surface area (Å²) in [5.41, 5.74) is 0.623. The van der Waals surface area contributed by atoms with Gasteiger partial charge < -0.3 is 10.2 Å². The minimum atomic E-state index is 0.623. The molecule has 2 nitrogen and oxygen atoms in total. The van der Waals surface area contributed by atoms with E-state index in [2.05, 4.69) is 37.9 Å². The zero-order valence-electron chi connectivity index (χ0n) is 12.1. The Balaban J connectivity index is 1.65. The van der Waals surface area contributed by atoms with Crippen LogP contribution in [0.4, 0.5) is 0 Å².